The van der Waals surface area contributed by atoms with Crippen LogP contribution in [0.5, 0.6) is 5.75 Å². The van der Waals surface area contributed by atoms with Crippen molar-refractivity contribution in [3.63, 3.8) is 0 Å². The van der Waals surface area contributed by atoms with Crippen LogP contribution in [0.2, 0.25) is 0 Å². The number of carbonyl (C=O) groups is 1. The van der Waals surface area contributed by atoms with Crippen LogP contribution in [0.1, 0.15) is 5.56 Å². The quantitative estimate of drug-likeness (QED) is 0.417. The van der Waals surface area contributed by atoms with Gasteiger partial charge in [-0.1, -0.05) is 12.1 Å². The molecule has 9 heteroatoms. The molecule has 0 radical (unpaired) electrons. The number of phenolic OH excluding ortho intramolecular Hbond substituents is 1. The van der Waals surface area contributed by atoms with Gasteiger partial charge in [-0.3, -0.25) is 14.9 Å². The van der Waals surface area contributed by atoms with Crippen LogP contribution < -0.4 is 5.43 Å². The van der Waals surface area contributed by atoms with Crippen molar-refractivity contribution in [2.24, 2.45) is 5.10 Å². The number of imidazole rings is 1. The van der Waals surface area contributed by atoms with Gasteiger partial charge in [-0.15, -0.1) is 0 Å². The van der Waals surface area contributed by atoms with Crippen molar-refractivity contribution >= 4 is 28.8 Å². The number of para-hydroxylation sites is 2. The lowest BCUT2D eigenvalue weighted by molar-refractivity contribution is -0.384. The van der Waals surface area contributed by atoms with E-state index in [1.165, 1.54) is 12.1 Å². The van der Waals surface area contributed by atoms with Crippen LogP contribution in [0, 0.1) is 10.1 Å². The number of fused-ring (bicyclic) bond motifs is 1. The highest BCUT2D eigenvalue weighted by Crippen LogP contribution is 2.21. The number of hydrogen-bond donors (Lipinski definition) is 2. The van der Waals surface area contributed by atoms with E-state index in [1.54, 1.807) is 10.9 Å². The molecular formula is C16H13N5O4. The minimum atomic E-state index is -0.584. The van der Waals surface area contributed by atoms with Crippen molar-refractivity contribution in [2.45, 2.75) is 6.54 Å². The Bertz CT molecular complexity index is 980. The molecule has 0 unspecified atom stereocenters. The van der Waals surface area contributed by atoms with Crippen molar-refractivity contribution in [2.75, 3.05) is 0 Å². The first-order valence-electron chi connectivity index (χ1n) is 7.24. The predicted octanol–water partition coefficient (Wildman–Crippen LogP) is 1.80. The van der Waals surface area contributed by atoms with Gasteiger partial charge >= 0.3 is 0 Å². The van der Waals surface area contributed by atoms with E-state index in [1.807, 2.05) is 24.3 Å². The molecule has 0 aliphatic heterocycles. The number of amides is 1. The number of carbonyl (C=O) groups excluding carboxylic acids is 1. The van der Waals surface area contributed by atoms with E-state index in [-0.39, 0.29) is 23.5 Å². The zero-order valence-electron chi connectivity index (χ0n) is 12.9. The summed E-state index contributed by atoms with van der Waals surface area (Å²) in [6.45, 7) is 0.0127. The molecule has 2 N–H and O–H groups in total. The maximum Gasteiger partial charge on any atom is 0.270 e. The standard InChI is InChI=1S/C16H13N5O4/c22-15-6-5-12(21(24)25)7-11(15)8-18-19-16(23)9-20-10-17-13-3-1-2-4-14(13)20/h1-8,10,22H,9H2,(H,19,23)/b18-8-. The third-order valence-corrected chi connectivity index (χ3v) is 3.46. The minimum Gasteiger partial charge on any atom is -0.507 e. The van der Waals surface area contributed by atoms with Gasteiger partial charge in [0.2, 0.25) is 0 Å². The van der Waals surface area contributed by atoms with Gasteiger partial charge in [-0.25, -0.2) is 10.4 Å². The molecule has 3 rings (SSSR count). The number of nitrogens with one attached hydrogen (secondary N) is 1. The first-order chi connectivity index (χ1) is 12.0. The number of non-ortho nitro benzene ring substituents is 1. The zero-order chi connectivity index (χ0) is 17.8. The molecule has 0 spiro atoms. The minimum absolute atomic E-state index is 0.0127. The maximum atomic E-state index is 12.0. The zero-order valence-corrected chi connectivity index (χ0v) is 12.9. The van der Waals surface area contributed by atoms with Crippen molar-refractivity contribution < 1.29 is 14.8 Å². The first kappa shape index (κ1) is 16.1. The van der Waals surface area contributed by atoms with Crippen LogP contribution in [0.25, 0.3) is 11.0 Å². The molecule has 1 amide bonds. The summed E-state index contributed by atoms with van der Waals surface area (Å²) in [5.74, 6) is -0.575. The van der Waals surface area contributed by atoms with Crippen molar-refractivity contribution in [1.82, 2.24) is 15.0 Å². The second kappa shape index (κ2) is 6.79. The number of rotatable bonds is 5. The fourth-order valence-corrected chi connectivity index (χ4v) is 2.26. The number of benzene rings is 2. The summed E-state index contributed by atoms with van der Waals surface area (Å²) in [6.07, 6.45) is 2.70. The number of nitrogens with zero attached hydrogens (tertiary/aromatic N) is 4. The summed E-state index contributed by atoms with van der Waals surface area (Å²) in [5, 5.41) is 24.1. The van der Waals surface area contributed by atoms with Gasteiger partial charge in [0.05, 0.1) is 28.5 Å². The summed E-state index contributed by atoms with van der Waals surface area (Å²) in [7, 11) is 0. The number of nitro benzene ring substituents is 1. The summed E-state index contributed by atoms with van der Waals surface area (Å²) in [4.78, 5) is 26.3. The molecule has 126 valence electrons. The molecule has 3 aromatic rings. The molecule has 0 atom stereocenters. The van der Waals surface area contributed by atoms with E-state index in [4.69, 9.17) is 0 Å². The SMILES string of the molecule is O=C(Cn1cnc2ccccc21)N/N=C\c1cc([N+](=O)[O-])ccc1O. The van der Waals surface area contributed by atoms with Crippen LogP contribution >= 0.6 is 0 Å². The number of phenols is 1. The summed E-state index contributed by atoms with van der Waals surface area (Å²) in [5.41, 5.74) is 3.85. The number of hydrazone groups is 1. The summed E-state index contributed by atoms with van der Waals surface area (Å²) >= 11 is 0. The number of hydrogen-bond acceptors (Lipinski definition) is 6. The van der Waals surface area contributed by atoms with Crippen LogP contribution in [0.3, 0.4) is 0 Å². The van der Waals surface area contributed by atoms with Gasteiger partial charge in [-0.05, 0) is 18.2 Å². The van der Waals surface area contributed by atoms with Crippen molar-refractivity contribution in [1.29, 1.82) is 0 Å². The molecule has 0 saturated heterocycles. The third kappa shape index (κ3) is 3.61. The highest BCUT2D eigenvalue weighted by molar-refractivity contribution is 5.86. The highest BCUT2D eigenvalue weighted by Gasteiger charge is 2.09. The van der Waals surface area contributed by atoms with E-state index in [0.717, 1.165) is 23.3 Å². The van der Waals surface area contributed by atoms with E-state index in [2.05, 4.69) is 15.5 Å². The molecule has 0 saturated carbocycles. The monoisotopic (exact) mass is 339 g/mol. The van der Waals surface area contributed by atoms with Gasteiger partial charge in [0.25, 0.3) is 11.6 Å². The normalized spacial score (nSPS) is 11.0. The largest absolute Gasteiger partial charge is 0.507 e. The second-order valence-corrected chi connectivity index (χ2v) is 5.15. The molecule has 1 aromatic heterocycles. The molecular weight excluding hydrogens is 326 g/mol. The average molecular weight is 339 g/mol. The van der Waals surface area contributed by atoms with Crippen LogP contribution in [-0.4, -0.2) is 31.7 Å². The summed E-state index contributed by atoms with van der Waals surface area (Å²) < 4.78 is 1.67. The third-order valence-electron chi connectivity index (χ3n) is 3.46. The molecule has 9 nitrogen and oxygen atoms in total. The van der Waals surface area contributed by atoms with E-state index in [9.17, 15) is 20.0 Å². The Kier molecular flexibility index (Phi) is 4.38. The lowest BCUT2D eigenvalue weighted by Crippen LogP contribution is -2.22. The molecule has 0 bridgehead atoms. The number of aromatic hydroxyl groups is 1. The Hall–Kier alpha value is -3.75. The van der Waals surface area contributed by atoms with Crippen LogP contribution in [0.15, 0.2) is 53.9 Å². The first-order valence-corrected chi connectivity index (χ1v) is 7.24. The fourth-order valence-electron chi connectivity index (χ4n) is 2.26. The van der Waals surface area contributed by atoms with Crippen molar-refractivity contribution in [3.8, 4) is 5.75 Å². The number of nitro groups is 1. The van der Waals surface area contributed by atoms with Crippen LogP contribution in [-0.2, 0) is 11.3 Å². The van der Waals surface area contributed by atoms with E-state index in [0.29, 0.717) is 0 Å². The van der Waals surface area contributed by atoms with Gasteiger partial charge < -0.3 is 9.67 Å². The molecule has 25 heavy (non-hydrogen) atoms. The van der Waals surface area contributed by atoms with Gasteiger partial charge in [0, 0.05) is 17.7 Å². The predicted molar refractivity (Wildman–Crippen MR) is 90.2 cm³/mol. The highest BCUT2D eigenvalue weighted by atomic mass is 16.6. The molecule has 2 aromatic carbocycles. The molecule has 1 heterocycles. The fraction of sp³-hybridized carbons (Fsp3) is 0.0625. The van der Waals surface area contributed by atoms with Gasteiger partial charge in [0.15, 0.2) is 0 Å². The lowest BCUT2D eigenvalue weighted by atomic mass is 10.2. The molecule has 0 fully saturated rings. The Morgan fingerprint density at radius 2 is 2.16 bits per heavy atom. The van der Waals surface area contributed by atoms with Gasteiger partial charge in [0.1, 0.15) is 12.3 Å². The summed E-state index contributed by atoms with van der Waals surface area (Å²) in [6, 6.07) is 10.9. The Balaban J connectivity index is 1.67. The Labute approximate surface area is 141 Å². The topological polar surface area (TPSA) is 123 Å². The van der Waals surface area contributed by atoms with E-state index < -0.39 is 10.8 Å². The van der Waals surface area contributed by atoms with Crippen molar-refractivity contribution in [3.05, 3.63) is 64.5 Å². The smallest absolute Gasteiger partial charge is 0.270 e. The lowest BCUT2D eigenvalue weighted by Gasteiger charge is -2.03. The second-order valence-electron chi connectivity index (χ2n) is 5.15. The molecule has 0 aliphatic carbocycles. The Morgan fingerprint density at radius 3 is 2.96 bits per heavy atom. The number of aromatic nitrogens is 2. The van der Waals surface area contributed by atoms with Crippen LogP contribution in [0.4, 0.5) is 5.69 Å². The average Bonchev–Trinajstić information content (AvgIpc) is 2.99. The molecule has 0 aliphatic rings. The Morgan fingerprint density at radius 1 is 1.36 bits per heavy atom. The van der Waals surface area contributed by atoms with E-state index >= 15 is 0 Å². The van der Waals surface area contributed by atoms with Gasteiger partial charge in [-0.2, -0.15) is 5.10 Å². The maximum absolute atomic E-state index is 12.0.